The van der Waals surface area contributed by atoms with E-state index >= 15 is 0 Å². The van der Waals surface area contributed by atoms with Crippen LogP contribution in [0.4, 0.5) is 0 Å². The predicted molar refractivity (Wildman–Crippen MR) is 79.0 cm³/mol. The highest BCUT2D eigenvalue weighted by molar-refractivity contribution is 5.88. The van der Waals surface area contributed by atoms with Crippen molar-refractivity contribution in [3.8, 4) is 0 Å². The Morgan fingerprint density at radius 2 is 1.95 bits per heavy atom. The number of benzene rings is 1. The van der Waals surface area contributed by atoms with Gasteiger partial charge in [-0.15, -0.1) is 0 Å². The monoisotopic (exact) mass is 260 g/mol. The molecule has 104 valence electrons. The summed E-state index contributed by atoms with van der Waals surface area (Å²) < 4.78 is 4.84. The van der Waals surface area contributed by atoms with Gasteiger partial charge in [0, 0.05) is 5.57 Å². The van der Waals surface area contributed by atoms with Gasteiger partial charge in [-0.1, -0.05) is 56.2 Å². The van der Waals surface area contributed by atoms with E-state index in [1.54, 1.807) is 0 Å². The van der Waals surface area contributed by atoms with Crippen LogP contribution in [-0.4, -0.2) is 13.1 Å². The standard InChI is InChI=1S/C17H24O2/c1-3-4-6-13-16(17(18)19-2)14-9-12-15-10-7-5-8-11-15/h5,7-8,10-11,14H,3-4,6,9,12-13H2,1-2H3/b16-14+. The Balaban J connectivity index is 2.49. The molecule has 0 aliphatic heterocycles. The Morgan fingerprint density at radius 1 is 1.21 bits per heavy atom. The first-order valence-corrected chi connectivity index (χ1v) is 7.09. The average molecular weight is 260 g/mol. The van der Waals surface area contributed by atoms with Crippen LogP contribution < -0.4 is 0 Å². The van der Waals surface area contributed by atoms with Gasteiger partial charge in [0.2, 0.25) is 0 Å². The van der Waals surface area contributed by atoms with Crippen LogP contribution in [0, 0.1) is 0 Å². The van der Waals surface area contributed by atoms with Crippen molar-refractivity contribution in [3.05, 3.63) is 47.5 Å². The molecule has 0 amide bonds. The van der Waals surface area contributed by atoms with Crippen molar-refractivity contribution < 1.29 is 9.53 Å². The van der Waals surface area contributed by atoms with Gasteiger partial charge in [-0.05, 0) is 31.2 Å². The minimum atomic E-state index is -0.177. The highest BCUT2D eigenvalue weighted by Crippen LogP contribution is 2.13. The molecule has 1 rings (SSSR count). The van der Waals surface area contributed by atoms with Gasteiger partial charge < -0.3 is 4.74 Å². The SMILES string of the molecule is CCCCC/C(=C\CCc1ccccc1)C(=O)OC. The quantitative estimate of drug-likeness (QED) is 0.396. The van der Waals surface area contributed by atoms with E-state index in [1.165, 1.54) is 19.1 Å². The van der Waals surface area contributed by atoms with Crippen molar-refractivity contribution in [1.82, 2.24) is 0 Å². The fourth-order valence-corrected chi connectivity index (χ4v) is 2.04. The highest BCUT2D eigenvalue weighted by Gasteiger charge is 2.08. The molecule has 1 aromatic carbocycles. The smallest absolute Gasteiger partial charge is 0.333 e. The van der Waals surface area contributed by atoms with Gasteiger partial charge >= 0.3 is 5.97 Å². The first kappa shape index (κ1) is 15.5. The van der Waals surface area contributed by atoms with E-state index in [9.17, 15) is 4.79 Å². The van der Waals surface area contributed by atoms with E-state index in [0.717, 1.165) is 37.7 Å². The number of esters is 1. The third kappa shape index (κ3) is 6.23. The topological polar surface area (TPSA) is 26.3 Å². The molecular formula is C17H24O2. The molecule has 0 N–H and O–H groups in total. The van der Waals surface area contributed by atoms with E-state index in [4.69, 9.17) is 4.74 Å². The van der Waals surface area contributed by atoms with E-state index in [-0.39, 0.29) is 5.97 Å². The summed E-state index contributed by atoms with van der Waals surface area (Å²) in [5.41, 5.74) is 2.13. The molecular weight excluding hydrogens is 236 g/mol. The summed E-state index contributed by atoms with van der Waals surface area (Å²) in [7, 11) is 1.45. The largest absolute Gasteiger partial charge is 0.466 e. The Kier molecular flexibility index (Phi) is 7.64. The van der Waals surface area contributed by atoms with Crippen LogP contribution in [0.15, 0.2) is 42.0 Å². The van der Waals surface area contributed by atoms with Gasteiger partial charge in [-0.25, -0.2) is 4.79 Å². The maximum atomic E-state index is 11.7. The number of hydrogen-bond acceptors (Lipinski definition) is 2. The lowest BCUT2D eigenvalue weighted by atomic mass is 10.0. The van der Waals surface area contributed by atoms with Gasteiger partial charge in [0.15, 0.2) is 0 Å². The molecule has 0 aromatic heterocycles. The van der Waals surface area contributed by atoms with Gasteiger partial charge in [-0.3, -0.25) is 0 Å². The fraction of sp³-hybridized carbons (Fsp3) is 0.471. The molecule has 0 atom stereocenters. The zero-order chi connectivity index (χ0) is 13.9. The number of carbonyl (C=O) groups excluding carboxylic acids is 1. The van der Waals surface area contributed by atoms with Crippen LogP contribution in [-0.2, 0) is 16.0 Å². The lowest BCUT2D eigenvalue weighted by Crippen LogP contribution is -2.05. The molecule has 0 radical (unpaired) electrons. The normalized spacial score (nSPS) is 11.4. The van der Waals surface area contributed by atoms with E-state index in [2.05, 4.69) is 19.1 Å². The molecule has 1 aromatic rings. The number of allylic oxidation sites excluding steroid dienone is 1. The number of aryl methyl sites for hydroxylation is 1. The molecule has 19 heavy (non-hydrogen) atoms. The van der Waals surface area contributed by atoms with E-state index in [0.29, 0.717) is 0 Å². The zero-order valence-electron chi connectivity index (χ0n) is 12.0. The van der Waals surface area contributed by atoms with E-state index in [1.807, 2.05) is 24.3 Å². The Morgan fingerprint density at radius 3 is 2.58 bits per heavy atom. The van der Waals surface area contributed by atoms with Crippen molar-refractivity contribution in [2.24, 2.45) is 0 Å². The van der Waals surface area contributed by atoms with Crippen LogP contribution in [0.3, 0.4) is 0 Å². The molecule has 0 saturated carbocycles. The van der Waals surface area contributed by atoms with Gasteiger partial charge in [0.25, 0.3) is 0 Å². The fourth-order valence-electron chi connectivity index (χ4n) is 2.04. The minimum absolute atomic E-state index is 0.177. The molecule has 0 fully saturated rings. The lowest BCUT2D eigenvalue weighted by molar-refractivity contribution is -0.136. The second-order valence-corrected chi connectivity index (χ2v) is 4.70. The Bertz CT molecular complexity index is 393. The number of methoxy groups -OCH3 is 1. The van der Waals surface area contributed by atoms with Crippen molar-refractivity contribution >= 4 is 5.97 Å². The van der Waals surface area contributed by atoms with Crippen molar-refractivity contribution in [2.75, 3.05) is 7.11 Å². The summed E-state index contributed by atoms with van der Waals surface area (Å²) in [6, 6.07) is 10.3. The van der Waals surface area contributed by atoms with E-state index < -0.39 is 0 Å². The van der Waals surface area contributed by atoms with Gasteiger partial charge in [0.1, 0.15) is 0 Å². The Hall–Kier alpha value is -1.57. The predicted octanol–water partition coefficient (Wildman–Crippen LogP) is 4.30. The molecule has 0 bridgehead atoms. The van der Waals surface area contributed by atoms with Crippen molar-refractivity contribution in [1.29, 1.82) is 0 Å². The summed E-state index contributed by atoms with van der Waals surface area (Å²) >= 11 is 0. The first-order valence-electron chi connectivity index (χ1n) is 7.09. The summed E-state index contributed by atoms with van der Waals surface area (Å²) in [4.78, 5) is 11.7. The molecule has 0 heterocycles. The number of carbonyl (C=O) groups is 1. The van der Waals surface area contributed by atoms with Gasteiger partial charge in [-0.2, -0.15) is 0 Å². The molecule has 0 aliphatic rings. The van der Waals surface area contributed by atoms with Crippen LogP contribution in [0.1, 0.15) is 44.6 Å². The third-order valence-corrected chi connectivity index (χ3v) is 3.16. The molecule has 2 nitrogen and oxygen atoms in total. The van der Waals surface area contributed by atoms with Crippen LogP contribution in [0.5, 0.6) is 0 Å². The van der Waals surface area contributed by atoms with Crippen molar-refractivity contribution in [2.45, 2.75) is 45.4 Å². The second kappa shape index (κ2) is 9.37. The highest BCUT2D eigenvalue weighted by atomic mass is 16.5. The van der Waals surface area contributed by atoms with Crippen LogP contribution in [0.25, 0.3) is 0 Å². The zero-order valence-corrected chi connectivity index (χ0v) is 12.0. The molecule has 0 saturated heterocycles. The molecule has 2 heteroatoms. The number of rotatable bonds is 8. The van der Waals surface area contributed by atoms with Gasteiger partial charge in [0.05, 0.1) is 7.11 Å². The minimum Gasteiger partial charge on any atom is -0.466 e. The maximum absolute atomic E-state index is 11.7. The molecule has 0 unspecified atom stereocenters. The average Bonchev–Trinajstić information content (AvgIpc) is 2.46. The summed E-state index contributed by atoms with van der Waals surface area (Å²) in [5, 5.41) is 0. The number of hydrogen-bond donors (Lipinski definition) is 0. The third-order valence-electron chi connectivity index (χ3n) is 3.16. The van der Waals surface area contributed by atoms with Crippen molar-refractivity contribution in [3.63, 3.8) is 0 Å². The molecule has 0 spiro atoms. The summed E-state index contributed by atoms with van der Waals surface area (Å²) in [6.45, 7) is 2.16. The Labute approximate surface area is 116 Å². The number of unbranched alkanes of at least 4 members (excludes halogenated alkanes) is 2. The summed E-state index contributed by atoms with van der Waals surface area (Å²) in [6.07, 6.45) is 8.10. The second-order valence-electron chi connectivity index (χ2n) is 4.70. The lowest BCUT2D eigenvalue weighted by Gasteiger charge is -2.05. The maximum Gasteiger partial charge on any atom is 0.333 e. The first-order chi connectivity index (χ1) is 9.27. The summed E-state index contributed by atoms with van der Waals surface area (Å²) in [5.74, 6) is -0.177. The van der Waals surface area contributed by atoms with Crippen LogP contribution in [0.2, 0.25) is 0 Å². The molecule has 0 aliphatic carbocycles. The number of ether oxygens (including phenoxy) is 1. The van der Waals surface area contributed by atoms with Crippen LogP contribution >= 0.6 is 0 Å².